The van der Waals surface area contributed by atoms with E-state index in [1.165, 1.54) is 44.9 Å². The second-order valence-electron chi connectivity index (χ2n) is 5.95. The summed E-state index contributed by atoms with van der Waals surface area (Å²) in [5.74, 6) is 0.357. The third kappa shape index (κ3) is 4.46. The molecule has 0 saturated carbocycles. The summed E-state index contributed by atoms with van der Waals surface area (Å²) in [5.41, 5.74) is 0. The van der Waals surface area contributed by atoms with Crippen LogP contribution in [0.15, 0.2) is 0 Å². The van der Waals surface area contributed by atoms with Gasteiger partial charge in [-0.15, -0.1) is 0 Å². The van der Waals surface area contributed by atoms with Gasteiger partial charge < -0.3 is 10.2 Å². The van der Waals surface area contributed by atoms with Crippen molar-refractivity contribution in [3.05, 3.63) is 0 Å². The molecule has 0 radical (unpaired) electrons. The molecule has 2 aliphatic rings. The van der Waals surface area contributed by atoms with E-state index in [1.54, 1.807) is 0 Å². The van der Waals surface area contributed by atoms with Gasteiger partial charge in [-0.3, -0.25) is 9.69 Å². The minimum atomic E-state index is 0.357. The van der Waals surface area contributed by atoms with Gasteiger partial charge in [-0.1, -0.05) is 6.42 Å². The highest BCUT2D eigenvalue weighted by Gasteiger charge is 2.26. The van der Waals surface area contributed by atoms with Crippen molar-refractivity contribution in [1.82, 2.24) is 15.1 Å². The van der Waals surface area contributed by atoms with Crippen molar-refractivity contribution < 1.29 is 4.79 Å². The van der Waals surface area contributed by atoms with Crippen LogP contribution in [0.4, 0.5) is 0 Å². The maximum atomic E-state index is 12.4. The van der Waals surface area contributed by atoms with Gasteiger partial charge in [-0.2, -0.15) is 0 Å². The first kappa shape index (κ1) is 14.8. The normalized spacial score (nSPS) is 25.5. The van der Waals surface area contributed by atoms with Gasteiger partial charge in [0.05, 0.1) is 6.54 Å². The van der Waals surface area contributed by atoms with Crippen LogP contribution < -0.4 is 5.32 Å². The molecule has 4 nitrogen and oxygen atoms in total. The number of piperidine rings is 2. The number of carbonyl (C=O) groups excluding carboxylic acids is 1. The Morgan fingerprint density at radius 3 is 2.58 bits per heavy atom. The maximum absolute atomic E-state index is 12.4. The van der Waals surface area contributed by atoms with E-state index >= 15 is 0 Å². The fraction of sp³-hybridized carbons (Fsp3) is 0.933. The molecule has 1 atom stereocenters. The summed E-state index contributed by atoms with van der Waals surface area (Å²) in [6.45, 7) is 4.77. The third-order valence-corrected chi connectivity index (χ3v) is 4.52. The van der Waals surface area contributed by atoms with E-state index in [9.17, 15) is 4.79 Å². The largest absolute Gasteiger partial charge is 0.342 e. The van der Waals surface area contributed by atoms with Crippen LogP contribution in [-0.4, -0.2) is 61.5 Å². The number of hydrogen-bond acceptors (Lipinski definition) is 3. The van der Waals surface area contributed by atoms with E-state index in [1.807, 2.05) is 7.05 Å². The molecule has 0 spiro atoms. The monoisotopic (exact) mass is 267 g/mol. The van der Waals surface area contributed by atoms with E-state index in [0.29, 0.717) is 18.5 Å². The summed E-state index contributed by atoms with van der Waals surface area (Å²) in [6, 6.07) is 0.606. The standard InChI is InChI=1S/C15H29N3O/c1-16-9-8-14-7-3-6-12-18(14)13-15(19)17-10-4-2-5-11-17/h14,16H,2-13H2,1H3. The van der Waals surface area contributed by atoms with Gasteiger partial charge in [0, 0.05) is 19.1 Å². The average Bonchev–Trinajstić information content (AvgIpc) is 2.47. The zero-order valence-corrected chi connectivity index (χ0v) is 12.4. The van der Waals surface area contributed by atoms with Crippen molar-refractivity contribution in [2.24, 2.45) is 0 Å². The van der Waals surface area contributed by atoms with Crippen molar-refractivity contribution in [2.45, 2.75) is 51.0 Å². The summed E-state index contributed by atoms with van der Waals surface area (Å²) in [4.78, 5) is 16.9. The molecule has 0 aromatic rings. The first-order valence-electron chi connectivity index (χ1n) is 7.97. The quantitative estimate of drug-likeness (QED) is 0.819. The number of nitrogens with zero attached hydrogens (tertiary/aromatic N) is 2. The van der Waals surface area contributed by atoms with E-state index in [-0.39, 0.29) is 0 Å². The van der Waals surface area contributed by atoms with Gasteiger partial charge in [-0.25, -0.2) is 0 Å². The van der Waals surface area contributed by atoms with Crippen LogP contribution >= 0.6 is 0 Å². The Hall–Kier alpha value is -0.610. The molecule has 4 heteroatoms. The Morgan fingerprint density at radius 2 is 1.84 bits per heavy atom. The molecule has 2 rings (SSSR count). The van der Waals surface area contributed by atoms with Crippen molar-refractivity contribution >= 4 is 5.91 Å². The Bertz CT molecular complexity index is 277. The smallest absolute Gasteiger partial charge is 0.236 e. The summed E-state index contributed by atoms with van der Waals surface area (Å²) in [7, 11) is 2.01. The van der Waals surface area contributed by atoms with Gasteiger partial charge >= 0.3 is 0 Å². The molecule has 19 heavy (non-hydrogen) atoms. The second-order valence-corrected chi connectivity index (χ2v) is 5.95. The lowest BCUT2D eigenvalue weighted by Crippen LogP contribution is -2.48. The molecule has 2 saturated heterocycles. The van der Waals surface area contributed by atoms with Crippen molar-refractivity contribution in [1.29, 1.82) is 0 Å². The molecule has 0 bridgehead atoms. The number of carbonyl (C=O) groups is 1. The summed E-state index contributed by atoms with van der Waals surface area (Å²) < 4.78 is 0. The van der Waals surface area contributed by atoms with Gasteiger partial charge in [0.1, 0.15) is 0 Å². The topological polar surface area (TPSA) is 35.6 Å². The first-order valence-corrected chi connectivity index (χ1v) is 7.97. The van der Waals surface area contributed by atoms with Crippen molar-refractivity contribution in [3.8, 4) is 0 Å². The molecule has 2 aliphatic heterocycles. The van der Waals surface area contributed by atoms with Crippen molar-refractivity contribution in [3.63, 3.8) is 0 Å². The Labute approximate surface area is 117 Å². The molecule has 1 unspecified atom stereocenters. The predicted octanol–water partition coefficient (Wildman–Crippen LogP) is 1.46. The fourth-order valence-corrected chi connectivity index (χ4v) is 3.32. The van der Waals surface area contributed by atoms with Crippen LogP contribution in [0.5, 0.6) is 0 Å². The minimum absolute atomic E-state index is 0.357. The number of amides is 1. The number of rotatable bonds is 5. The molecule has 0 aromatic carbocycles. The average molecular weight is 267 g/mol. The first-order chi connectivity index (χ1) is 9.31. The SMILES string of the molecule is CNCCC1CCCCN1CC(=O)N1CCCCC1. The molecular formula is C15H29N3O. The lowest BCUT2D eigenvalue weighted by molar-refractivity contribution is -0.134. The number of hydrogen-bond donors (Lipinski definition) is 1. The molecular weight excluding hydrogens is 238 g/mol. The highest BCUT2D eigenvalue weighted by atomic mass is 16.2. The van der Waals surface area contributed by atoms with Crippen LogP contribution in [0.25, 0.3) is 0 Å². The molecule has 2 fully saturated rings. The van der Waals surface area contributed by atoms with Crippen LogP contribution in [0, 0.1) is 0 Å². The zero-order valence-electron chi connectivity index (χ0n) is 12.4. The van der Waals surface area contributed by atoms with E-state index in [4.69, 9.17) is 0 Å². The van der Waals surface area contributed by atoms with E-state index in [2.05, 4.69) is 15.1 Å². The van der Waals surface area contributed by atoms with Gasteiger partial charge in [0.15, 0.2) is 0 Å². The predicted molar refractivity (Wildman–Crippen MR) is 78.2 cm³/mol. The van der Waals surface area contributed by atoms with E-state index in [0.717, 1.165) is 26.2 Å². The minimum Gasteiger partial charge on any atom is -0.342 e. The van der Waals surface area contributed by atoms with Gasteiger partial charge in [-0.05, 0) is 58.7 Å². The molecule has 1 N–H and O–H groups in total. The summed E-state index contributed by atoms with van der Waals surface area (Å²) in [5, 5.41) is 3.23. The van der Waals surface area contributed by atoms with Gasteiger partial charge in [0.25, 0.3) is 0 Å². The molecule has 1 amide bonds. The van der Waals surface area contributed by atoms with Crippen LogP contribution in [0.3, 0.4) is 0 Å². The zero-order chi connectivity index (χ0) is 13.5. The highest BCUT2D eigenvalue weighted by molar-refractivity contribution is 5.78. The fourth-order valence-electron chi connectivity index (χ4n) is 3.32. The molecule has 110 valence electrons. The second kappa shape index (κ2) is 7.85. The van der Waals surface area contributed by atoms with Crippen LogP contribution in [0.1, 0.15) is 44.9 Å². The van der Waals surface area contributed by atoms with E-state index < -0.39 is 0 Å². The third-order valence-electron chi connectivity index (χ3n) is 4.52. The Morgan fingerprint density at radius 1 is 1.11 bits per heavy atom. The Kier molecular flexibility index (Phi) is 6.11. The Balaban J connectivity index is 1.82. The lowest BCUT2D eigenvalue weighted by Gasteiger charge is -2.37. The van der Waals surface area contributed by atoms with Crippen molar-refractivity contribution in [2.75, 3.05) is 39.8 Å². The van der Waals surface area contributed by atoms with Crippen LogP contribution in [-0.2, 0) is 4.79 Å². The lowest BCUT2D eigenvalue weighted by atomic mass is 9.99. The maximum Gasteiger partial charge on any atom is 0.236 e. The van der Waals surface area contributed by atoms with Crippen LogP contribution in [0.2, 0.25) is 0 Å². The van der Waals surface area contributed by atoms with Gasteiger partial charge in [0.2, 0.25) is 5.91 Å². The summed E-state index contributed by atoms with van der Waals surface area (Å²) in [6.07, 6.45) is 8.67. The summed E-state index contributed by atoms with van der Waals surface area (Å²) >= 11 is 0. The highest BCUT2D eigenvalue weighted by Crippen LogP contribution is 2.20. The molecule has 0 aliphatic carbocycles. The number of nitrogens with one attached hydrogen (secondary N) is 1. The number of likely N-dealkylation sites (tertiary alicyclic amines) is 2. The molecule has 2 heterocycles. The molecule has 0 aromatic heterocycles.